The molecule has 2 aliphatic rings. The highest BCUT2D eigenvalue weighted by Crippen LogP contribution is 2.32. The predicted octanol–water partition coefficient (Wildman–Crippen LogP) is 0.508. The van der Waals surface area contributed by atoms with Crippen molar-refractivity contribution >= 4 is 17.6 Å². The van der Waals surface area contributed by atoms with Crippen molar-refractivity contribution in [1.29, 1.82) is 0 Å². The molecule has 2 unspecified atom stereocenters. The Balaban J connectivity index is 1.75. The molecule has 106 valence electrons. The average Bonchev–Trinajstić information content (AvgIpc) is 2.90. The number of hydrogen-bond acceptors (Lipinski definition) is 4. The molecule has 1 fully saturated rings. The minimum absolute atomic E-state index is 0.0306. The molecule has 2 atom stereocenters. The molecule has 2 N–H and O–H groups in total. The first kappa shape index (κ1) is 12.9. The van der Waals surface area contributed by atoms with Crippen LogP contribution in [0.3, 0.4) is 0 Å². The van der Waals surface area contributed by atoms with E-state index >= 15 is 0 Å². The van der Waals surface area contributed by atoms with Crippen LogP contribution in [0.2, 0.25) is 0 Å². The Kier molecular flexibility index (Phi) is 3.31. The molecule has 6 nitrogen and oxygen atoms in total. The molecule has 0 bridgehead atoms. The number of carboxylic acids is 1. The van der Waals surface area contributed by atoms with E-state index in [1.54, 1.807) is 4.90 Å². The van der Waals surface area contributed by atoms with E-state index in [-0.39, 0.29) is 25.0 Å². The largest absolute Gasteiger partial charge is 0.479 e. The molecule has 0 saturated carbocycles. The van der Waals surface area contributed by atoms with Crippen molar-refractivity contribution < 1.29 is 19.4 Å². The van der Waals surface area contributed by atoms with Crippen molar-refractivity contribution in [3.63, 3.8) is 0 Å². The lowest BCUT2D eigenvalue weighted by Gasteiger charge is -2.32. The van der Waals surface area contributed by atoms with E-state index in [1.807, 2.05) is 24.3 Å². The normalized spacial score (nSPS) is 24.9. The summed E-state index contributed by atoms with van der Waals surface area (Å²) in [6, 6.07) is 7.72. The van der Waals surface area contributed by atoms with Gasteiger partial charge in [0.25, 0.3) is 0 Å². The molecule has 0 radical (unpaired) electrons. The second-order valence-corrected chi connectivity index (χ2v) is 5.00. The van der Waals surface area contributed by atoms with Gasteiger partial charge in [0, 0.05) is 18.8 Å². The van der Waals surface area contributed by atoms with E-state index in [4.69, 9.17) is 9.84 Å². The van der Waals surface area contributed by atoms with E-state index < -0.39 is 12.1 Å². The highest BCUT2D eigenvalue weighted by molar-refractivity contribution is 5.88. The fourth-order valence-corrected chi connectivity index (χ4v) is 2.72. The van der Waals surface area contributed by atoms with Gasteiger partial charge in [-0.25, -0.2) is 4.79 Å². The minimum atomic E-state index is -1.02. The van der Waals surface area contributed by atoms with E-state index in [1.165, 1.54) is 0 Å². The van der Waals surface area contributed by atoms with Gasteiger partial charge in [-0.1, -0.05) is 18.2 Å². The molecule has 0 spiro atoms. The molecule has 6 heteroatoms. The van der Waals surface area contributed by atoms with Gasteiger partial charge in [0.15, 0.2) is 6.10 Å². The number of para-hydroxylation sites is 1. The lowest BCUT2D eigenvalue weighted by Crippen LogP contribution is -2.50. The van der Waals surface area contributed by atoms with Gasteiger partial charge in [0.1, 0.15) is 0 Å². The Labute approximate surface area is 116 Å². The summed E-state index contributed by atoms with van der Waals surface area (Å²) in [6.45, 7) is 1.39. The van der Waals surface area contributed by atoms with Gasteiger partial charge in [0.05, 0.1) is 19.1 Å². The third kappa shape index (κ3) is 2.22. The number of carbonyl (C=O) groups is 2. The third-order valence-corrected chi connectivity index (χ3v) is 3.78. The van der Waals surface area contributed by atoms with Gasteiger partial charge in [-0.3, -0.25) is 4.79 Å². The van der Waals surface area contributed by atoms with Crippen molar-refractivity contribution in [2.45, 2.75) is 12.0 Å². The first-order valence-electron chi connectivity index (χ1n) is 6.63. The second kappa shape index (κ2) is 5.13. The molecule has 1 amide bonds. The van der Waals surface area contributed by atoms with Gasteiger partial charge in [-0.15, -0.1) is 0 Å². The standard InChI is InChI=1S/C14H16N2O4/c17-13(16-5-6-20-12(8-16)14(18)19)10-7-15-11-4-2-1-3-9(10)11/h1-4,10,12,15H,5-8H2,(H,18,19). The first-order valence-corrected chi connectivity index (χ1v) is 6.63. The van der Waals surface area contributed by atoms with Crippen LogP contribution in [0.1, 0.15) is 11.5 Å². The van der Waals surface area contributed by atoms with Gasteiger partial charge in [-0.2, -0.15) is 0 Å². The zero-order valence-corrected chi connectivity index (χ0v) is 10.9. The van der Waals surface area contributed by atoms with Crippen LogP contribution < -0.4 is 5.32 Å². The van der Waals surface area contributed by atoms with E-state index in [2.05, 4.69) is 5.32 Å². The highest BCUT2D eigenvalue weighted by Gasteiger charge is 2.35. The molecule has 1 saturated heterocycles. The number of nitrogens with one attached hydrogen (secondary N) is 1. The third-order valence-electron chi connectivity index (χ3n) is 3.78. The van der Waals surface area contributed by atoms with Gasteiger partial charge < -0.3 is 20.1 Å². The number of anilines is 1. The zero-order chi connectivity index (χ0) is 14.1. The van der Waals surface area contributed by atoms with Crippen molar-refractivity contribution in [3.8, 4) is 0 Å². The van der Waals surface area contributed by atoms with Crippen LogP contribution in [0, 0.1) is 0 Å². The smallest absolute Gasteiger partial charge is 0.334 e. The number of carbonyl (C=O) groups excluding carboxylic acids is 1. The summed E-state index contributed by atoms with van der Waals surface area (Å²) in [6.07, 6.45) is -0.919. The SMILES string of the molecule is O=C(O)C1CN(C(=O)C2CNc3ccccc32)CCO1. The molecule has 2 aliphatic heterocycles. The Morgan fingerprint density at radius 3 is 2.95 bits per heavy atom. The summed E-state index contributed by atoms with van der Waals surface area (Å²) in [5, 5.41) is 12.2. The Morgan fingerprint density at radius 1 is 1.35 bits per heavy atom. The number of rotatable bonds is 2. The van der Waals surface area contributed by atoms with Crippen LogP contribution in [0.4, 0.5) is 5.69 Å². The van der Waals surface area contributed by atoms with Crippen LogP contribution >= 0.6 is 0 Å². The topological polar surface area (TPSA) is 78.9 Å². The van der Waals surface area contributed by atoms with Crippen LogP contribution in [0.5, 0.6) is 0 Å². The predicted molar refractivity (Wildman–Crippen MR) is 71.6 cm³/mol. The summed E-state index contributed by atoms with van der Waals surface area (Å²) in [7, 11) is 0. The molecule has 20 heavy (non-hydrogen) atoms. The number of hydrogen-bond donors (Lipinski definition) is 2. The highest BCUT2D eigenvalue weighted by atomic mass is 16.5. The Morgan fingerprint density at radius 2 is 2.15 bits per heavy atom. The number of aliphatic carboxylic acids is 1. The summed E-state index contributed by atoms with van der Waals surface area (Å²) < 4.78 is 5.14. The molecule has 0 aliphatic carbocycles. The number of morpholine rings is 1. The minimum Gasteiger partial charge on any atom is -0.479 e. The fourth-order valence-electron chi connectivity index (χ4n) is 2.72. The van der Waals surface area contributed by atoms with E-state index in [9.17, 15) is 9.59 Å². The number of carboxylic acid groups (broad SMARTS) is 1. The van der Waals surface area contributed by atoms with Crippen LogP contribution in [-0.2, 0) is 14.3 Å². The average molecular weight is 276 g/mol. The number of benzene rings is 1. The van der Waals surface area contributed by atoms with E-state index in [0.717, 1.165) is 11.3 Å². The summed E-state index contributed by atoms with van der Waals surface area (Å²) >= 11 is 0. The van der Waals surface area contributed by atoms with Gasteiger partial charge >= 0.3 is 5.97 Å². The molecule has 1 aromatic rings. The lowest BCUT2D eigenvalue weighted by molar-refractivity contribution is -0.159. The molecular weight excluding hydrogens is 260 g/mol. The van der Waals surface area contributed by atoms with Crippen molar-refractivity contribution in [1.82, 2.24) is 4.90 Å². The fraction of sp³-hybridized carbons (Fsp3) is 0.429. The van der Waals surface area contributed by atoms with Crippen molar-refractivity contribution in [3.05, 3.63) is 29.8 Å². The monoisotopic (exact) mass is 276 g/mol. The molecule has 0 aromatic heterocycles. The number of nitrogens with zero attached hydrogens (tertiary/aromatic N) is 1. The number of ether oxygens (including phenoxy) is 1. The quantitative estimate of drug-likeness (QED) is 0.822. The van der Waals surface area contributed by atoms with Gasteiger partial charge in [-0.05, 0) is 11.6 Å². The van der Waals surface area contributed by atoms with Gasteiger partial charge in [0.2, 0.25) is 5.91 Å². The molecule has 2 heterocycles. The summed E-state index contributed by atoms with van der Waals surface area (Å²) in [5.74, 6) is -1.29. The van der Waals surface area contributed by atoms with Crippen molar-refractivity contribution in [2.24, 2.45) is 0 Å². The summed E-state index contributed by atoms with van der Waals surface area (Å²) in [5.41, 5.74) is 1.96. The Bertz CT molecular complexity index is 546. The Hall–Kier alpha value is -2.08. The zero-order valence-electron chi connectivity index (χ0n) is 10.9. The van der Waals surface area contributed by atoms with Crippen LogP contribution in [0.15, 0.2) is 24.3 Å². The molecule has 3 rings (SSSR count). The first-order chi connectivity index (χ1) is 9.66. The van der Waals surface area contributed by atoms with Crippen LogP contribution in [-0.4, -0.2) is 54.2 Å². The van der Waals surface area contributed by atoms with E-state index in [0.29, 0.717) is 13.1 Å². The maximum absolute atomic E-state index is 12.6. The van der Waals surface area contributed by atoms with Crippen LogP contribution in [0.25, 0.3) is 0 Å². The molecule has 1 aromatic carbocycles. The lowest BCUT2D eigenvalue weighted by atomic mass is 9.99. The maximum Gasteiger partial charge on any atom is 0.334 e. The molecular formula is C14H16N2O4. The second-order valence-electron chi connectivity index (χ2n) is 5.00. The number of fused-ring (bicyclic) bond motifs is 1. The number of amides is 1. The maximum atomic E-state index is 12.6. The summed E-state index contributed by atoms with van der Waals surface area (Å²) in [4.78, 5) is 25.1. The van der Waals surface area contributed by atoms with Crippen molar-refractivity contribution in [2.75, 3.05) is 31.6 Å².